The molecule has 3 heteroatoms. The highest BCUT2D eigenvalue weighted by molar-refractivity contribution is 5.96. The van der Waals surface area contributed by atoms with Gasteiger partial charge in [-0.3, -0.25) is 4.79 Å². The molecule has 1 amide bonds. The minimum atomic E-state index is 0.103. The second kappa shape index (κ2) is 5.42. The lowest BCUT2D eigenvalue weighted by molar-refractivity contribution is 0.0695. The predicted molar refractivity (Wildman–Crippen MR) is 74.6 cm³/mol. The Morgan fingerprint density at radius 2 is 1.94 bits per heavy atom. The minimum Gasteiger partial charge on any atom is -0.398 e. The largest absolute Gasteiger partial charge is 0.398 e. The number of benzene rings is 1. The van der Waals surface area contributed by atoms with Crippen LogP contribution in [0.4, 0.5) is 5.69 Å². The molecule has 0 bridgehead atoms. The van der Waals surface area contributed by atoms with Gasteiger partial charge in [0.15, 0.2) is 0 Å². The number of amides is 1. The summed E-state index contributed by atoms with van der Waals surface area (Å²) in [4.78, 5) is 14.4. The Morgan fingerprint density at radius 3 is 2.61 bits per heavy atom. The highest BCUT2D eigenvalue weighted by Crippen LogP contribution is 2.24. The zero-order chi connectivity index (χ0) is 13.1. The maximum absolute atomic E-state index is 12.5. The van der Waals surface area contributed by atoms with E-state index in [1.54, 1.807) is 0 Å². The monoisotopic (exact) mass is 246 g/mol. The average molecular weight is 246 g/mol. The molecule has 18 heavy (non-hydrogen) atoms. The Balaban J connectivity index is 2.17. The number of nitrogens with two attached hydrogens (primary N) is 1. The molecule has 1 fully saturated rings. The summed E-state index contributed by atoms with van der Waals surface area (Å²) in [5, 5.41) is 0. The van der Waals surface area contributed by atoms with Crippen LogP contribution in [0.1, 0.15) is 48.0 Å². The Morgan fingerprint density at radius 1 is 1.28 bits per heavy atom. The fourth-order valence-corrected chi connectivity index (χ4v) is 2.71. The molecule has 98 valence electrons. The van der Waals surface area contributed by atoms with Gasteiger partial charge >= 0.3 is 0 Å². The van der Waals surface area contributed by atoms with Crippen LogP contribution in [0.15, 0.2) is 18.2 Å². The third-order valence-electron chi connectivity index (χ3n) is 4.05. The lowest BCUT2D eigenvalue weighted by atomic mass is 9.93. The lowest BCUT2D eigenvalue weighted by Crippen LogP contribution is -2.38. The fourth-order valence-electron chi connectivity index (χ4n) is 2.71. The number of anilines is 1. The van der Waals surface area contributed by atoms with E-state index in [4.69, 9.17) is 5.73 Å². The zero-order valence-electron chi connectivity index (χ0n) is 11.3. The number of nitrogens with zero attached hydrogens (tertiary/aromatic N) is 1. The summed E-state index contributed by atoms with van der Waals surface area (Å²) in [6.45, 7) is 1.91. The third-order valence-corrected chi connectivity index (χ3v) is 4.05. The van der Waals surface area contributed by atoms with E-state index >= 15 is 0 Å². The van der Waals surface area contributed by atoms with Gasteiger partial charge in [-0.25, -0.2) is 0 Å². The number of nitrogen functional groups attached to an aromatic ring is 1. The molecule has 2 N–H and O–H groups in total. The highest BCUT2D eigenvalue weighted by Gasteiger charge is 2.24. The van der Waals surface area contributed by atoms with Crippen molar-refractivity contribution >= 4 is 11.6 Å². The summed E-state index contributed by atoms with van der Waals surface area (Å²) in [5.41, 5.74) is 8.19. The van der Waals surface area contributed by atoms with Crippen molar-refractivity contribution < 1.29 is 4.79 Å². The first-order chi connectivity index (χ1) is 8.61. The van der Waals surface area contributed by atoms with Crippen LogP contribution in [-0.4, -0.2) is 23.9 Å². The van der Waals surface area contributed by atoms with Crippen molar-refractivity contribution in [3.63, 3.8) is 0 Å². The van der Waals surface area contributed by atoms with Crippen LogP contribution in [0, 0.1) is 6.92 Å². The second-order valence-electron chi connectivity index (χ2n) is 5.23. The summed E-state index contributed by atoms with van der Waals surface area (Å²) in [5.74, 6) is 0.103. The van der Waals surface area contributed by atoms with E-state index in [0.717, 1.165) is 24.0 Å². The van der Waals surface area contributed by atoms with Crippen LogP contribution in [0.3, 0.4) is 0 Å². The van der Waals surface area contributed by atoms with E-state index in [9.17, 15) is 4.79 Å². The summed E-state index contributed by atoms with van der Waals surface area (Å²) in [7, 11) is 1.92. The van der Waals surface area contributed by atoms with Crippen molar-refractivity contribution in [2.24, 2.45) is 0 Å². The van der Waals surface area contributed by atoms with Gasteiger partial charge in [-0.1, -0.05) is 25.3 Å². The summed E-state index contributed by atoms with van der Waals surface area (Å²) in [6.07, 6.45) is 6.03. The van der Waals surface area contributed by atoms with E-state index in [1.807, 2.05) is 37.1 Å². The molecule has 0 saturated heterocycles. The van der Waals surface area contributed by atoms with Crippen LogP contribution >= 0.6 is 0 Å². The van der Waals surface area contributed by atoms with Gasteiger partial charge in [0, 0.05) is 24.3 Å². The Bertz CT molecular complexity index is 436. The summed E-state index contributed by atoms with van der Waals surface area (Å²) in [6, 6.07) is 5.96. The molecular formula is C15H22N2O. The molecule has 0 radical (unpaired) electrons. The van der Waals surface area contributed by atoms with Crippen LogP contribution in [0.5, 0.6) is 0 Å². The van der Waals surface area contributed by atoms with Gasteiger partial charge in [0.05, 0.1) is 0 Å². The van der Waals surface area contributed by atoms with Crippen molar-refractivity contribution in [3.05, 3.63) is 29.3 Å². The van der Waals surface area contributed by atoms with Gasteiger partial charge in [0.25, 0.3) is 5.91 Å². The number of carbonyl (C=O) groups excluding carboxylic acids is 1. The molecule has 1 aromatic rings. The fraction of sp³-hybridized carbons (Fsp3) is 0.533. The first-order valence-corrected chi connectivity index (χ1v) is 6.73. The molecule has 1 aromatic carbocycles. The van der Waals surface area contributed by atoms with Crippen molar-refractivity contribution in [1.82, 2.24) is 4.90 Å². The molecule has 1 aliphatic carbocycles. The Hall–Kier alpha value is -1.51. The SMILES string of the molecule is Cc1c(N)cccc1C(=O)N(C)C1CCCCC1. The molecule has 0 spiro atoms. The minimum absolute atomic E-state index is 0.103. The molecule has 0 aliphatic heterocycles. The molecular weight excluding hydrogens is 224 g/mol. The van der Waals surface area contributed by atoms with E-state index in [2.05, 4.69) is 0 Å². The second-order valence-corrected chi connectivity index (χ2v) is 5.23. The molecule has 1 aliphatic rings. The number of rotatable bonds is 2. The Labute approximate surface area is 109 Å². The molecule has 0 unspecified atom stereocenters. The van der Waals surface area contributed by atoms with E-state index in [0.29, 0.717) is 11.7 Å². The maximum atomic E-state index is 12.5. The van der Waals surface area contributed by atoms with Crippen LogP contribution in [0.2, 0.25) is 0 Å². The first kappa shape index (κ1) is 12.9. The smallest absolute Gasteiger partial charge is 0.254 e. The first-order valence-electron chi connectivity index (χ1n) is 6.73. The zero-order valence-corrected chi connectivity index (χ0v) is 11.3. The summed E-state index contributed by atoms with van der Waals surface area (Å²) < 4.78 is 0. The van der Waals surface area contributed by atoms with E-state index < -0.39 is 0 Å². The lowest BCUT2D eigenvalue weighted by Gasteiger charge is -2.31. The van der Waals surface area contributed by atoms with Crippen LogP contribution < -0.4 is 5.73 Å². The quantitative estimate of drug-likeness (QED) is 0.815. The number of hydrogen-bond acceptors (Lipinski definition) is 2. The molecule has 0 heterocycles. The van der Waals surface area contributed by atoms with Crippen molar-refractivity contribution in [2.45, 2.75) is 45.1 Å². The van der Waals surface area contributed by atoms with Crippen LogP contribution in [0.25, 0.3) is 0 Å². The standard InChI is InChI=1S/C15H22N2O/c1-11-13(9-6-10-14(11)16)15(18)17(2)12-7-4-3-5-8-12/h6,9-10,12H,3-5,7-8,16H2,1-2H3. The molecule has 2 rings (SSSR count). The van der Waals surface area contributed by atoms with Gasteiger partial charge in [-0.2, -0.15) is 0 Å². The Kier molecular flexibility index (Phi) is 3.90. The van der Waals surface area contributed by atoms with Crippen LogP contribution in [-0.2, 0) is 0 Å². The topological polar surface area (TPSA) is 46.3 Å². The summed E-state index contributed by atoms with van der Waals surface area (Å²) >= 11 is 0. The molecule has 3 nitrogen and oxygen atoms in total. The van der Waals surface area contributed by atoms with Crippen molar-refractivity contribution in [3.8, 4) is 0 Å². The molecule has 1 saturated carbocycles. The van der Waals surface area contributed by atoms with Gasteiger partial charge in [0.2, 0.25) is 0 Å². The normalized spacial score (nSPS) is 16.6. The molecule has 0 atom stereocenters. The predicted octanol–water partition coefficient (Wildman–Crippen LogP) is 2.98. The van der Waals surface area contributed by atoms with Gasteiger partial charge in [-0.15, -0.1) is 0 Å². The van der Waals surface area contributed by atoms with E-state index in [1.165, 1.54) is 19.3 Å². The number of carbonyl (C=O) groups is 1. The number of hydrogen-bond donors (Lipinski definition) is 1. The van der Waals surface area contributed by atoms with Gasteiger partial charge in [0.1, 0.15) is 0 Å². The van der Waals surface area contributed by atoms with Gasteiger partial charge in [-0.05, 0) is 37.5 Å². The highest BCUT2D eigenvalue weighted by atomic mass is 16.2. The van der Waals surface area contributed by atoms with E-state index in [-0.39, 0.29) is 5.91 Å². The van der Waals surface area contributed by atoms with Crippen molar-refractivity contribution in [1.29, 1.82) is 0 Å². The average Bonchev–Trinajstić information content (AvgIpc) is 2.41. The third kappa shape index (κ3) is 2.50. The maximum Gasteiger partial charge on any atom is 0.254 e. The van der Waals surface area contributed by atoms with Crippen molar-refractivity contribution in [2.75, 3.05) is 12.8 Å². The van der Waals surface area contributed by atoms with Gasteiger partial charge < -0.3 is 10.6 Å². The molecule has 0 aromatic heterocycles.